The fraction of sp³-hybridized carbons (Fsp3) is 0.440. The van der Waals surface area contributed by atoms with Crippen LogP contribution < -0.4 is 4.90 Å². The first-order valence-corrected chi connectivity index (χ1v) is 14.5. The minimum atomic E-state index is -3.60. The van der Waals surface area contributed by atoms with E-state index < -0.39 is 10.0 Å². The first-order valence-electron chi connectivity index (χ1n) is 11.9. The Morgan fingerprint density at radius 2 is 1.89 bits per heavy atom. The Bertz CT molecular complexity index is 1290. The van der Waals surface area contributed by atoms with Crippen molar-refractivity contribution < 1.29 is 13.2 Å². The smallest absolute Gasteiger partial charge is 0.260 e. The zero-order chi connectivity index (χ0) is 25.2. The van der Waals surface area contributed by atoms with Crippen LogP contribution in [-0.4, -0.2) is 68.3 Å². The van der Waals surface area contributed by atoms with Crippen molar-refractivity contribution in [1.29, 1.82) is 0 Å². The second-order valence-electron chi connectivity index (χ2n) is 9.07. The van der Waals surface area contributed by atoms with Crippen LogP contribution in [-0.2, 0) is 10.0 Å². The first-order chi connectivity index (χ1) is 16.7. The van der Waals surface area contributed by atoms with Crippen LogP contribution in [0.1, 0.15) is 43.0 Å². The van der Waals surface area contributed by atoms with Gasteiger partial charge in [0.05, 0.1) is 15.1 Å². The molecule has 4 rings (SSSR count). The van der Waals surface area contributed by atoms with E-state index in [1.165, 1.54) is 11.3 Å². The van der Waals surface area contributed by atoms with Crippen LogP contribution in [0.3, 0.4) is 0 Å². The molecule has 35 heavy (non-hydrogen) atoms. The molecule has 0 N–H and O–H groups in total. The molecule has 1 atom stereocenters. The molecule has 1 amide bonds. The lowest BCUT2D eigenvalue weighted by Gasteiger charge is -2.34. The second kappa shape index (κ2) is 10.9. The number of likely N-dealkylation sites (N-methyl/N-ethyl adjacent to an activating group) is 1. The molecule has 0 aliphatic carbocycles. The molecule has 1 unspecified atom stereocenters. The molecule has 1 fully saturated rings. The van der Waals surface area contributed by atoms with Crippen LogP contribution >= 0.6 is 22.9 Å². The molecule has 1 aliphatic heterocycles. The van der Waals surface area contributed by atoms with Crippen molar-refractivity contribution in [2.24, 2.45) is 0 Å². The monoisotopic (exact) mass is 534 g/mol. The van der Waals surface area contributed by atoms with Gasteiger partial charge in [0.1, 0.15) is 0 Å². The Kier molecular flexibility index (Phi) is 8.12. The topological polar surface area (TPSA) is 73.8 Å². The van der Waals surface area contributed by atoms with Gasteiger partial charge in [-0.2, -0.15) is 4.31 Å². The highest BCUT2D eigenvalue weighted by atomic mass is 35.5. The molecule has 188 valence electrons. The van der Waals surface area contributed by atoms with Gasteiger partial charge in [-0.3, -0.25) is 9.69 Å². The molecule has 10 heteroatoms. The third-order valence-corrected chi connectivity index (χ3v) is 9.58. The van der Waals surface area contributed by atoms with Gasteiger partial charge < -0.3 is 4.90 Å². The minimum Gasteiger partial charge on any atom is -0.308 e. The van der Waals surface area contributed by atoms with Gasteiger partial charge >= 0.3 is 0 Å². The van der Waals surface area contributed by atoms with Gasteiger partial charge in [-0.25, -0.2) is 13.4 Å². The van der Waals surface area contributed by atoms with Crippen molar-refractivity contribution in [2.75, 3.05) is 38.6 Å². The zero-order valence-corrected chi connectivity index (χ0v) is 22.7. The number of fused-ring (bicyclic) bond motifs is 1. The Hall–Kier alpha value is -2.04. The summed E-state index contributed by atoms with van der Waals surface area (Å²) in [6.45, 7) is 3.67. The summed E-state index contributed by atoms with van der Waals surface area (Å²) in [5.74, 6) is -0.217. The van der Waals surface area contributed by atoms with E-state index in [4.69, 9.17) is 11.6 Å². The number of hydrogen-bond acceptors (Lipinski definition) is 6. The highest BCUT2D eigenvalue weighted by Crippen LogP contribution is 2.32. The number of anilines is 1. The average molecular weight is 535 g/mol. The van der Waals surface area contributed by atoms with Crippen molar-refractivity contribution in [3.8, 4) is 0 Å². The Labute approximate surface area is 216 Å². The summed E-state index contributed by atoms with van der Waals surface area (Å²) in [6.07, 6.45) is 3.61. The molecule has 7 nitrogen and oxygen atoms in total. The number of halogens is 1. The van der Waals surface area contributed by atoms with Gasteiger partial charge in [0.15, 0.2) is 5.13 Å². The molecule has 0 spiro atoms. The maximum absolute atomic E-state index is 13.6. The Morgan fingerprint density at radius 1 is 1.14 bits per heavy atom. The predicted molar refractivity (Wildman–Crippen MR) is 143 cm³/mol. The van der Waals surface area contributed by atoms with Crippen LogP contribution in [0.4, 0.5) is 5.13 Å². The lowest BCUT2D eigenvalue weighted by molar-refractivity contribution is 0.0985. The van der Waals surface area contributed by atoms with Gasteiger partial charge in [-0.1, -0.05) is 36.3 Å². The fourth-order valence-electron chi connectivity index (χ4n) is 4.34. The van der Waals surface area contributed by atoms with E-state index in [-0.39, 0.29) is 16.8 Å². The number of rotatable bonds is 8. The summed E-state index contributed by atoms with van der Waals surface area (Å²) in [4.78, 5) is 22.1. The Balaban J connectivity index is 1.61. The van der Waals surface area contributed by atoms with Crippen molar-refractivity contribution in [2.45, 2.75) is 43.5 Å². The maximum Gasteiger partial charge on any atom is 0.260 e. The number of piperidine rings is 1. The zero-order valence-electron chi connectivity index (χ0n) is 20.3. The quantitative estimate of drug-likeness (QED) is 0.401. The van der Waals surface area contributed by atoms with Crippen LogP contribution in [0.5, 0.6) is 0 Å². The van der Waals surface area contributed by atoms with Crippen LogP contribution in [0.25, 0.3) is 10.2 Å². The summed E-state index contributed by atoms with van der Waals surface area (Å²) in [5.41, 5.74) is 1.20. The van der Waals surface area contributed by atoms with E-state index in [2.05, 4.69) is 4.98 Å². The molecule has 3 aromatic rings. The lowest BCUT2D eigenvalue weighted by atomic mass is 10.0. The van der Waals surface area contributed by atoms with Crippen molar-refractivity contribution >= 4 is 54.2 Å². The van der Waals surface area contributed by atoms with E-state index in [0.717, 1.165) is 35.9 Å². The third-order valence-electron chi connectivity index (χ3n) is 6.34. The number of hydrogen-bond donors (Lipinski definition) is 0. The van der Waals surface area contributed by atoms with Crippen LogP contribution in [0, 0.1) is 0 Å². The first kappa shape index (κ1) is 26.0. The molecule has 1 saturated heterocycles. The fourth-order valence-corrected chi connectivity index (χ4v) is 7.38. The summed E-state index contributed by atoms with van der Waals surface area (Å²) >= 11 is 7.55. The summed E-state index contributed by atoms with van der Waals surface area (Å²) in [7, 11) is 0.296. The molecular weight excluding hydrogens is 504 g/mol. The minimum absolute atomic E-state index is 0.0316. The molecule has 0 radical (unpaired) electrons. The number of sulfonamides is 1. The molecule has 1 aliphatic rings. The largest absolute Gasteiger partial charge is 0.308 e. The molecular formula is C25H31ClN4O3S2. The number of thiazole rings is 1. The predicted octanol–water partition coefficient (Wildman–Crippen LogP) is 5.11. The highest BCUT2D eigenvalue weighted by molar-refractivity contribution is 7.89. The number of carbonyl (C=O) groups is 1. The highest BCUT2D eigenvalue weighted by Gasteiger charge is 2.32. The molecule has 2 heterocycles. The van der Waals surface area contributed by atoms with Gasteiger partial charge in [0, 0.05) is 36.3 Å². The van der Waals surface area contributed by atoms with Crippen LogP contribution in [0.2, 0.25) is 5.02 Å². The number of nitrogens with zero attached hydrogens (tertiary/aromatic N) is 4. The molecule has 2 aromatic carbocycles. The van der Waals surface area contributed by atoms with Crippen molar-refractivity contribution in [3.63, 3.8) is 0 Å². The molecule has 0 saturated carbocycles. The standard InChI is InChI=1S/C25H31ClN4O3S2/c1-4-20-7-5-6-14-30(20)35(32,33)21-11-8-18(9-12-21)24(31)29(16-15-28(2)3)25-27-22-13-10-19(26)17-23(22)34-25/h8-13,17,20H,4-7,14-16H2,1-3H3. The van der Waals surface area contributed by atoms with Crippen molar-refractivity contribution in [1.82, 2.24) is 14.2 Å². The molecule has 0 bridgehead atoms. The van der Waals surface area contributed by atoms with Gasteiger partial charge in [0.25, 0.3) is 5.91 Å². The van der Waals surface area contributed by atoms with E-state index in [1.54, 1.807) is 39.5 Å². The average Bonchev–Trinajstić information content (AvgIpc) is 3.26. The van der Waals surface area contributed by atoms with Gasteiger partial charge in [-0.05, 0) is 75.8 Å². The van der Waals surface area contributed by atoms with E-state index in [9.17, 15) is 13.2 Å². The molecule has 1 aromatic heterocycles. The third kappa shape index (κ3) is 5.70. The van der Waals surface area contributed by atoms with Gasteiger partial charge in [0.2, 0.25) is 10.0 Å². The number of benzene rings is 2. The number of carbonyl (C=O) groups excluding carboxylic acids is 1. The van der Waals surface area contributed by atoms with Gasteiger partial charge in [-0.15, -0.1) is 0 Å². The lowest BCUT2D eigenvalue weighted by Crippen LogP contribution is -2.43. The van der Waals surface area contributed by atoms with E-state index in [1.807, 2.05) is 38.1 Å². The normalized spacial score (nSPS) is 17.2. The van der Waals surface area contributed by atoms with E-state index >= 15 is 0 Å². The summed E-state index contributed by atoms with van der Waals surface area (Å²) in [6, 6.07) is 11.8. The number of amides is 1. The Morgan fingerprint density at radius 3 is 2.57 bits per heavy atom. The second-order valence-corrected chi connectivity index (χ2v) is 12.4. The number of aromatic nitrogens is 1. The summed E-state index contributed by atoms with van der Waals surface area (Å²) < 4.78 is 29.1. The SMILES string of the molecule is CCC1CCCCN1S(=O)(=O)c1ccc(C(=O)N(CCN(C)C)c2nc3ccc(Cl)cc3s2)cc1. The van der Waals surface area contributed by atoms with Crippen LogP contribution in [0.15, 0.2) is 47.4 Å². The van der Waals surface area contributed by atoms with Crippen molar-refractivity contribution in [3.05, 3.63) is 53.1 Å². The van der Waals surface area contributed by atoms with E-state index in [0.29, 0.717) is 35.4 Å². The summed E-state index contributed by atoms with van der Waals surface area (Å²) in [5, 5.41) is 1.21. The maximum atomic E-state index is 13.6.